The fourth-order valence-electron chi connectivity index (χ4n) is 1.40. The fourth-order valence-corrected chi connectivity index (χ4v) is 2.33. The van der Waals surface area contributed by atoms with Crippen LogP contribution in [0.5, 0.6) is 0 Å². The van der Waals surface area contributed by atoms with E-state index in [1.54, 1.807) is 18.4 Å². The number of methoxy groups -OCH3 is 1. The number of hydrogen-bond acceptors (Lipinski definition) is 4. The smallest absolute Gasteiger partial charge is 0.183 e. The average molecular weight is 269 g/mol. The summed E-state index contributed by atoms with van der Waals surface area (Å²) in [6.07, 6.45) is 0. The Hall–Kier alpha value is -1.10. The van der Waals surface area contributed by atoms with E-state index < -0.39 is 0 Å². The van der Waals surface area contributed by atoms with Crippen LogP contribution in [0.25, 0.3) is 11.3 Å². The minimum Gasteiger partial charge on any atom is -0.383 e. The highest BCUT2D eigenvalue weighted by atomic mass is 35.5. The molecule has 90 valence electrons. The normalized spacial score (nSPS) is 10.5. The fraction of sp³-hybridized carbons (Fsp3) is 0.250. The summed E-state index contributed by atoms with van der Waals surface area (Å²) >= 11 is 7.53. The van der Waals surface area contributed by atoms with Crippen LogP contribution in [-0.4, -0.2) is 25.2 Å². The minimum atomic E-state index is 0.673. The van der Waals surface area contributed by atoms with Gasteiger partial charge in [-0.3, -0.25) is 0 Å². The van der Waals surface area contributed by atoms with Crippen LogP contribution in [0.2, 0.25) is 5.02 Å². The highest BCUT2D eigenvalue weighted by molar-refractivity contribution is 7.14. The minimum absolute atomic E-state index is 0.673. The van der Waals surface area contributed by atoms with E-state index in [4.69, 9.17) is 16.3 Å². The van der Waals surface area contributed by atoms with Crippen LogP contribution in [0.15, 0.2) is 29.6 Å². The summed E-state index contributed by atoms with van der Waals surface area (Å²) in [5.74, 6) is 0. The van der Waals surface area contributed by atoms with E-state index in [9.17, 15) is 0 Å². The summed E-state index contributed by atoms with van der Waals surface area (Å²) in [4.78, 5) is 4.49. The maximum absolute atomic E-state index is 5.95. The molecule has 0 fully saturated rings. The van der Waals surface area contributed by atoms with E-state index >= 15 is 0 Å². The number of rotatable bonds is 5. The van der Waals surface area contributed by atoms with Crippen LogP contribution in [-0.2, 0) is 4.74 Å². The van der Waals surface area contributed by atoms with Gasteiger partial charge in [0.15, 0.2) is 5.13 Å². The molecule has 2 rings (SSSR count). The van der Waals surface area contributed by atoms with Gasteiger partial charge < -0.3 is 10.1 Å². The number of hydrogen-bond donors (Lipinski definition) is 1. The number of thiazole rings is 1. The molecule has 0 unspecified atom stereocenters. The Kier molecular flexibility index (Phi) is 4.36. The van der Waals surface area contributed by atoms with E-state index in [0.29, 0.717) is 6.61 Å². The predicted molar refractivity (Wildman–Crippen MR) is 72.9 cm³/mol. The molecular weight excluding hydrogens is 256 g/mol. The molecule has 1 heterocycles. The third-order valence-electron chi connectivity index (χ3n) is 2.21. The van der Waals surface area contributed by atoms with Crippen LogP contribution in [0.1, 0.15) is 0 Å². The van der Waals surface area contributed by atoms with Crippen molar-refractivity contribution in [2.24, 2.45) is 0 Å². The van der Waals surface area contributed by atoms with Gasteiger partial charge in [0, 0.05) is 29.6 Å². The zero-order valence-electron chi connectivity index (χ0n) is 9.44. The summed E-state index contributed by atoms with van der Waals surface area (Å²) in [6.45, 7) is 1.44. The molecule has 0 saturated carbocycles. The Morgan fingerprint density at radius 1 is 1.47 bits per heavy atom. The van der Waals surface area contributed by atoms with E-state index in [0.717, 1.165) is 28.0 Å². The topological polar surface area (TPSA) is 34.1 Å². The van der Waals surface area contributed by atoms with Crippen molar-refractivity contribution >= 4 is 28.1 Å². The summed E-state index contributed by atoms with van der Waals surface area (Å²) in [5.41, 5.74) is 1.98. The SMILES string of the molecule is COCCNc1nc(-c2cccc(Cl)c2)cs1. The van der Waals surface area contributed by atoms with Crippen LogP contribution in [0, 0.1) is 0 Å². The molecule has 2 aromatic rings. The zero-order valence-corrected chi connectivity index (χ0v) is 11.0. The molecule has 0 aliphatic heterocycles. The third kappa shape index (κ3) is 3.43. The first kappa shape index (κ1) is 12.4. The Morgan fingerprint density at radius 3 is 3.12 bits per heavy atom. The quantitative estimate of drug-likeness (QED) is 0.843. The third-order valence-corrected chi connectivity index (χ3v) is 3.24. The summed E-state index contributed by atoms with van der Waals surface area (Å²) in [7, 11) is 1.68. The van der Waals surface area contributed by atoms with Crippen LogP contribution in [0.3, 0.4) is 0 Å². The molecule has 1 aromatic carbocycles. The van der Waals surface area contributed by atoms with Crippen LogP contribution < -0.4 is 5.32 Å². The molecule has 0 saturated heterocycles. The molecule has 1 N–H and O–H groups in total. The molecule has 0 amide bonds. The average Bonchev–Trinajstić information content (AvgIpc) is 2.78. The van der Waals surface area contributed by atoms with Gasteiger partial charge in [0.1, 0.15) is 0 Å². The monoisotopic (exact) mass is 268 g/mol. The number of halogens is 1. The van der Waals surface area contributed by atoms with Gasteiger partial charge in [-0.2, -0.15) is 0 Å². The second-order valence-corrected chi connectivity index (χ2v) is 4.76. The maximum Gasteiger partial charge on any atom is 0.183 e. The van der Waals surface area contributed by atoms with Gasteiger partial charge in [0.25, 0.3) is 0 Å². The van der Waals surface area contributed by atoms with E-state index in [2.05, 4.69) is 10.3 Å². The molecule has 1 aromatic heterocycles. The Morgan fingerprint density at radius 2 is 2.35 bits per heavy atom. The highest BCUT2D eigenvalue weighted by Gasteiger charge is 2.04. The molecule has 0 atom stereocenters. The first-order valence-corrected chi connectivity index (χ1v) is 6.49. The summed E-state index contributed by atoms with van der Waals surface area (Å²) in [6, 6.07) is 7.69. The van der Waals surface area contributed by atoms with Gasteiger partial charge in [0.2, 0.25) is 0 Å². The van der Waals surface area contributed by atoms with Crippen molar-refractivity contribution in [1.29, 1.82) is 0 Å². The van der Waals surface area contributed by atoms with Gasteiger partial charge in [0.05, 0.1) is 12.3 Å². The molecule has 3 nitrogen and oxygen atoms in total. The van der Waals surface area contributed by atoms with Crippen molar-refractivity contribution in [3.05, 3.63) is 34.7 Å². The molecule has 17 heavy (non-hydrogen) atoms. The number of benzene rings is 1. The van der Waals surface area contributed by atoms with Crippen molar-refractivity contribution in [2.45, 2.75) is 0 Å². The Balaban J connectivity index is 2.07. The summed E-state index contributed by atoms with van der Waals surface area (Å²) < 4.78 is 4.97. The number of nitrogens with one attached hydrogen (secondary N) is 1. The Labute approximate surface area is 109 Å². The summed E-state index contributed by atoms with van der Waals surface area (Å²) in [5, 5.41) is 6.84. The van der Waals surface area contributed by atoms with Crippen molar-refractivity contribution in [3.8, 4) is 11.3 Å². The predicted octanol–water partition coefficient (Wildman–Crippen LogP) is 3.52. The maximum atomic E-state index is 5.95. The molecule has 0 aliphatic rings. The van der Waals surface area contributed by atoms with Crippen LogP contribution in [0.4, 0.5) is 5.13 Å². The van der Waals surface area contributed by atoms with Crippen molar-refractivity contribution in [2.75, 3.05) is 25.6 Å². The molecule has 0 radical (unpaired) electrons. The molecule has 5 heteroatoms. The first-order chi connectivity index (χ1) is 8.29. The van der Waals surface area contributed by atoms with Gasteiger partial charge >= 0.3 is 0 Å². The van der Waals surface area contributed by atoms with Crippen molar-refractivity contribution in [1.82, 2.24) is 4.98 Å². The highest BCUT2D eigenvalue weighted by Crippen LogP contribution is 2.26. The van der Waals surface area contributed by atoms with Crippen molar-refractivity contribution < 1.29 is 4.74 Å². The van der Waals surface area contributed by atoms with Gasteiger partial charge in [-0.15, -0.1) is 11.3 Å². The standard InChI is InChI=1S/C12H13ClN2OS/c1-16-6-5-14-12-15-11(8-17-12)9-3-2-4-10(13)7-9/h2-4,7-8H,5-6H2,1H3,(H,14,15). The van der Waals surface area contributed by atoms with E-state index in [-0.39, 0.29) is 0 Å². The molecule has 0 spiro atoms. The van der Waals surface area contributed by atoms with E-state index in [1.165, 1.54) is 0 Å². The lowest BCUT2D eigenvalue weighted by molar-refractivity contribution is 0.211. The number of anilines is 1. The largest absolute Gasteiger partial charge is 0.383 e. The van der Waals surface area contributed by atoms with Gasteiger partial charge in [-0.1, -0.05) is 23.7 Å². The zero-order chi connectivity index (χ0) is 12.1. The van der Waals surface area contributed by atoms with E-state index in [1.807, 2.05) is 29.6 Å². The Bertz CT molecular complexity index is 487. The molecular formula is C12H13ClN2OS. The lowest BCUT2D eigenvalue weighted by Crippen LogP contribution is -2.06. The second-order valence-electron chi connectivity index (χ2n) is 3.47. The molecule has 0 bridgehead atoms. The number of ether oxygens (including phenoxy) is 1. The van der Waals surface area contributed by atoms with Gasteiger partial charge in [-0.25, -0.2) is 4.98 Å². The number of aromatic nitrogens is 1. The lowest BCUT2D eigenvalue weighted by atomic mass is 10.2. The first-order valence-electron chi connectivity index (χ1n) is 5.24. The molecule has 0 aliphatic carbocycles. The number of nitrogens with zero attached hydrogens (tertiary/aromatic N) is 1. The van der Waals surface area contributed by atoms with Crippen molar-refractivity contribution in [3.63, 3.8) is 0 Å². The second kappa shape index (κ2) is 6.00. The van der Waals surface area contributed by atoms with Gasteiger partial charge in [-0.05, 0) is 12.1 Å². The van der Waals surface area contributed by atoms with Crippen LogP contribution >= 0.6 is 22.9 Å². The lowest BCUT2D eigenvalue weighted by Gasteiger charge is -2.00.